The zero-order valence-corrected chi connectivity index (χ0v) is 15.0. The summed E-state index contributed by atoms with van der Waals surface area (Å²) in [6.45, 7) is 3.54. The van der Waals surface area contributed by atoms with Crippen molar-refractivity contribution in [1.29, 1.82) is 0 Å². The van der Waals surface area contributed by atoms with Crippen LogP contribution < -0.4 is 0 Å². The van der Waals surface area contributed by atoms with Crippen LogP contribution in [0.25, 0.3) is 0 Å². The minimum absolute atomic E-state index is 0.190. The Kier molecular flexibility index (Phi) is 6.92. The highest BCUT2D eigenvalue weighted by molar-refractivity contribution is 5.49. The van der Waals surface area contributed by atoms with Crippen molar-refractivity contribution in [1.82, 2.24) is 4.90 Å². The molecule has 1 unspecified atom stereocenters. The first-order chi connectivity index (χ1) is 12.8. The Labute approximate surface area is 154 Å². The maximum atomic E-state index is 13.3. The molecule has 0 saturated carbocycles. The number of nitrogens with zero attached hydrogens (tertiary/aromatic N) is 1. The van der Waals surface area contributed by atoms with Crippen LogP contribution in [0.5, 0.6) is 0 Å². The summed E-state index contributed by atoms with van der Waals surface area (Å²) in [7, 11) is 0. The van der Waals surface area contributed by atoms with E-state index in [1.165, 1.54) is 12.1 Å². The monoisotopic (exact) mass is 355 g/mol. The summed E-state index contributed by atoms with van der Waals surface area (Å²) in [6, 6.07) is 16.6. The highest BCUT2D eigenvalue weighted by Gasteiger charge is 2.20. The summed E-state index contributed by atoms with van der Waals surface area (Å²) in [5.41, 5.74) is 2.03. The highest BCUT2D eigenvalue weighted by Crippen LogP contribution is 2.26. The number of carbonyl (C=O) groups excluding carboxylic acids is 1. The Bertz CT molecular complexity index is 666. The molecule has 3 nitrogen and oxygen atoms in total. The lowest BCUT2D eigenvalue weighted by Gasteiger charge is -2.31. The van der Waals surface area contributed by atoms with Crippen molar-refractivity contribution in [3.63, 3.8) is 0 Å². The van der Waals surface area contributed by atoms with Crippen LogP contribution in [0.4, 0.5) is 4.39 Å². The third-order valence-electron chi connectivity index (χ3n) is 5.10. The van der Waals surface area contributed by atoms with Crippen LogP contribution >= 0.6 is 0 Å². The van der Waals surface area contributed by atoms with Crippen LogP contribution in [-0.4, -0.2) is 37.4 Å². The number of carbonyl (C=O) groups is 1. The van der Waals surface area contributed by atoms with E-state index in [2.05, 4.69) is 4.90 Å². The minimum atomic E-state index is -0.237. The lowest BCUT2D eigenvalue weighted by Crippen LogP contribution is -2.36. The van der Waals surface area contributed by atoms with Gasteiger partial charge in [0.1, 0.15) is 18.2 Å². The van der Waals surface area contributed by atoms with E-state index >= 15 is 0 Å². The Morgan fingerprint density at radius 3 is 2.35 bits per heavy atom. The van der Waals surface area contributed by atoms with Gasteiger partial charge < -0.3 is 14.4 Å². The van der Waals surface area contributed by atoms with Crippen molar-refractivity contribution in [2.75, 3.05) is 26.2 Å². The maximum absolute atomic E-state index is 13.3. The zero-order chi connectivity index (χ0) is 18.2. The molecule has 0 amide bonds. The summed E-state index contributed by atoms with van der Waals surface area (Å²) in [6.07, 6.45) is 3.70. The molecule has 1 atom stereocenters. The van der Waals surface area contributed by atoms with Gasteiger partial charge in [0.25, 0.3) is 0 Å². The summed E-state index contributed by atoms with van der Waals surface area (Å²) < 4.78 is 19.5. The Balaban J connectivity index is 1.57. The van der Waals surface area contributed by atoms with Gasteiger partial charge in [-0.05, 0) is 55.1 Å². The normalized spacial score (nSPS) is 17.1. The molecule has 2 aromatic rings. The first-order valence-corrected chi connectivity index (χ1v) is 9.34. The molecule has 0 bridgehead atoms. The summed E-state index contributed by atoms with van der Waals surface area (Å²) in [5.74, 6) is 0.305. The van der Waals surface area contributed by atoms with E-state index in [0.717, 1.165) is 49.9 Å². The van der Waals surface area contributed by atoms with Gasteiger partial charge in [-0.25, -0.2) is 4.39 Å². The van der Waals surface area contributed by atoms with Gasteiger partial charge in [-0.3, -0.25) is 0 Å². The van der Waals surface area contributed by atoms with E-state index in [-0.39, 0.29) is 11.9 Å². The standard InChI is InChI=1S/C22H26FNO2/c23-21-8-6-20(7-9-21)22(19-4-2-1-3-5-19)26-17-15-24-13-10-18(11-14-24)12-16-25/h1-9,16,18,22H,10-15,17H2. The number of ether oxygens (including phenoxy) is 1. The molecule has 138 valence electrons. The third-order valence-corrected chi connectivity index (χ3v) is 5.10. The molecule has 0 radical (unpaired) electrons. The lowest BCUT2D eigenvalue weighted by atomic mass is 9.94. The van der Waals surface area contributed by atoms with Gasteiger partial charge in [-0.1, -0.05) is 42.5 Å². The quantitative estimate of drug-likeness (QED) is 0.664. The predicted octanol–water partition coefficient (Wildman–Crippen LogP) is 4.23. The zero-order valence-electron chi connectivity index (χ0n) is 15.0. The van der Waals surface area contributed by atoms with Gasteiger partial charge in [0.15, 0.2) is 0 Å². The SMILES string of the molecule is O=CCC1CCN(CCOC(c2ccccc2)c2ccc(F)cc2)CC1. The van der Waals surface area contributed by atoms with Crippen LogP contribution in [0.2, 0.25) is 0 Å². The molecule has 0 spiro atoms. The fourth-order valence-electron chi connectivity index (χ4n) is 3.53. The van der Waals surface area contributed by atoms with E-state index < -0.39 is 0 Å². The third kappa shape index (κ3) is 5.23. The highest BCUT2D eigenvalue weighted by atomic mass is 19.1. The van der Waals surface area contributed by atoms with Gasteiger partial charge >= 0.3 is 0 Å². The predicted molar refractivity (Wildman–Crippen MR) is 100 cm³/mol. The molecule has 4 heteroatoms. The second kappa shape index (κ2) is 9.60. The van der Waals surface area contributed by atoms with E-state index in [1.54, 1.807) is 12.1 Å². The molecule has 1 aliphatic rings. The molecule has 0 aliphatic carbocycles. The van der Waals surface area contributed by atoms with Crippen LogP contribution in [-0.2, 0) is 9.53 Å². The van der Waals surface area contributed by atoms with Gasteiger partial charge in [0, 0.05) is 13.0 Å². The number of rotatable bonds is 8. The Morgan fingerprint density at radius 2 is 1.69 bits per heavy atom. The Hall–Kier alpha value is -2.04. The van der Waals surface area contributed by atoms with Gasteiger partial charge in [-0.2, -0.15) is 0 Å². The number of hydrogen-bond acceptors (Lipinski definition) is 3. The molecule has 1 aliphatic heterocycles. The summed E-state index contributed by atoms with van der Waals surface area (Å²) in [5, 5.41) is 0. The minimum Gasteiger partial charge on any atom is -0.367 e. The molecule has 1 heterocycles. The second-order valence-corrected chi connectivity index (χ2v) is 6.90. The number of aldehydes is 1. The summed E-state index contributed by atoms with van der Waals surface area (Å²) >= 11 is 0. The molecule has 1 saturated heterocycles. The summed E-state index contributed by atoms with van der Waals surface area (Å²) in [4.78, 5) is 13.0. The molecule has 0 aromatic heterocycles. The average Bonchev–Trinajstić information content (AvgIpc) is 2.68. The Morgan fingerprint density at radius 1 is 1.04 bits per heavy atom. The topological polar surface area (TPSA) is 29.5 Å². The van der Waals surface area contributed by atoms with Gasteiger partial charge in [0.2, 0.25) is 0 Å². The van der Waals surface area contributed by atoms with Crippen LogP contribution in [0.1, 0.15) is 36.5 Å². The smallest absolute Gasteiger partial charge is 0.123 e. The molecule has 26 heavy (non-hydrogen) atoms. The van der Waals surface area contributed by atoms with Crippen molar-refractivity contribution >= 4 is 6.29 Å². The lowest BCUT2D eigenvalue weighted by molar-refractivity contribution is -0.108. The number of hydrogen-bond donors (Lipinski definition) is 0. The van der Waals surface area contributed by atoms with Crippen LogP contribution in [0.15, 0.2) is 54.6 Å². The van der Waals surface area contributed by atoms with Gasteiger partial charge in [0.05, 0.1) is 6.61 Å². The largest absolute Gasteiger partial charge is 0.367 e. The van der Waals surface area contributed by atoms with E-state index in [4.69, 9.17) is 4.74 Å². The van der Waals surface area contributed by atoms with Crippen LogP contribution in [0, 0.1) is 11.7 Å². The van der Waals surface area contributed by atoms with Crippen molar-refractivity contribution in [2.45, 2.75) is 25.4 Å². The average molecular weight is 355 g/mol. The van der Waals surface area contributed by atoms with Crippen molar-refractivity contribution in [3.8, 4) is 0 Å². The van der Waals surface area contributed by atoms with E-state index in [1.807, 2.05) is 30.3 Å². The van der Waals surface area contributed by atoms with Gasteiger partial charge in [-0.15, -0.1) is 0 Å². The molecular weight excluding hydrogens is 329 g/mol. The van der Waals surface area contributed by atoms with Crippen molar-refractivity contribution in [3.05, 3.63) is 71.5 Å². The number of likely N-dealkylation sites (tertiary alicyclic amines) is 1. The van der Waals surface area contributed by atoms with Crippen molar-refractivity contribution < 1.29 is 13.9 Å². The van der Waals surface area contributed by atoms with E-state index in [9.17, 15) is 9.18 Å². The fraction of sp³-hybridized carbons (Fsp3) is 0.409. The second-order valence-electron chi connectivity index (χ2n) is 6.90. The molecule has 0 N–H and O–H groups in total. The van der Waals surface area contributed by atoms with Crippen LogP contribution in [0.3, 0.4) is 0 Å². The number of halogens is 1. The maximum Gasteiger partial charge on any atom is 0.123 e. The first-order valence-electron chi connectivity index (χ1n) is 9.34. The molecule has 3 rings (SSSR count). The fourth-order valence-corrected chi connectivity index (χ4v) is 3.53. The number of benzene rings is 2. The first kappa shape index (κ1) is 18.7. The van der Waals surface area contributed by atoms with E-state index in [0.29, 0.717) is 18.9 Å². The molecule has 1 fully saturated rings. The number of piperidine rings is 1. The van der Waals surface area contributed by atoms with Crippen molar-refractivity contribution in [2.24, 2.45) is 5.92 Å². The molecular formula is C22H26FNO2. The molecule has 2 aromatic carbocycles.